The van der Waals surface area contributed by atoms with Gasteiger partial charge in [-0.25, -0.2) is 4.39 Å². The zero-order valence-corrected chi connectivity index (χ0v) is 11.5. The van der Waals surface area contributed by atoms with E-state index in [1.54, 1.807) is 17.4 Å². The van der Waals surface area contributed by atoms with E-state index in [1.165, 1.54) is 12.1 Å². The zero-order valence-electron chi connectivity index (χ0n) is 10.7. The zero-order chi connectivity index (χ0) is 13.1. The summed E-state index contributed by atoms with van der Waals surface area (Å²) in [6, 6.07) is 5.15. The van der Waals surface area contributed by atoms with E-state index in [1.807, 2.05) is 6.92 Å². The number of rotatable bonds is 4. The Kier molecular flexibility index (Phi) is 4.04. The van der Waals surface area contributed by atoms with E-state index in [0.29, 0.717) is 6.04 Å². The van der Waals surface area contributed by atoms with Gasteiger partial charge in [-0.05, 0) is 30.7 Å². The smallest absolute Gasteiger partial charge is 0.148 e. The number of halogens is 1. The molecule has 3 nitrogen and oxygen atoms in total. The van der Waals surface area contributed by atoms with Gasteiger partial charge in [0.15, 0.2) is 0 Å². The van der Waals surface area contributed by atoms with Gasteiger partial charge in [-0.3, -0.25) is 0 Å². The van der Waals surface area contributed by atoms with E-state index < -0.39 is 0 Å². The van der Waals surface area contributed by atoms with E-state index >= 15 is 0 Å². The van der Waals surface area contributed by atoms with E-state index in [2.05, 4.69) is 29.4 Å². The van der Waals surface area contributed by atoms with Gasteiger partial charge in [-0.1, -0.05) is 25.2 Å². The van der Waals surface area contributed by atoms with Crippen LogP contribution in [0.15, 0.2) is 18.2 Å². The molecular weight excluding hydrogens is 249 g/mol. The third-order valence-corrected chi connectivity index (χ3v) is 3.50. The summed E-state index contributed by atoms with van der Waals surface area (Å²) in [6.07, 6.45) is 0. The summed E-state index contributed by atoms with van der Waals surface area (Å²) in [5, 5.41) is 13.4. The number of aromatic nitrogens is 2. The molecule has 1 heterocycles. The van der Waals surface area contributed by atoms with Crippen molar-refractivity contribution in [3.8, 4) is 10.6 Å². The van der Waals surface area contributed by atoms with Crippen LogP contribution in [-0.2, 0) is 6.54 Å². The minimum Gasteiger partial charge on any atom is -0.308 e. The first kappa shape index (κ1) is 13.1. The van der Waals surface area contributed by atoms with Crippen molar-refractivity contribution < 1.29 is 4.39 Å². The predicted octanol–water partition coefficient (Wildman–Crippen LogP) is 3.15. The molecule has 1 aromatic carbocycles. The molecule has 0 aliphatic carbocycles. The Balaban J connectivity index is 2.18. The van der Waals surface area contributed by atoms with Crippen molar-refractivity contribution in [1.82, 2.24) is 15.5 Å². The average Bonchev–Trinajstić information content (AvgIpc) is 2.75. The second-order valence-electron chi connectivity index (χ2n) is 4.50. The Bertz CT molecular complexity index is 537. The molecule has 5 heteroatoms. The van der Waals surface area contributed by atoms with Gasteiger partial charge in [-0.2, -0.15) is 0 Å². The molecule has 2 aromatic rings. The summed E-state index contributed by atoms with van der Waals surface area (Å²) in [4.78, 5) is 0. The molecule has 0 aliphatic heterocycles. The Hall–Kier alpha value is -1.33. The molecule has 0 radical (unpaired) electrons. The summed E-state index contributed by atoms with van der Waals surface area (Å²) in [5.41, 5.74) is 1.83. The molecule has 0 fully saturated rings. The average molecular weight is 265 g/mol. The molecule has 0 saturated heterocycles. The Labute approximate surface area is 110 Å². The van der Waals surface area contributed by atoms with Gasteiger partial charge in [0.05, 0.1) is 0 Å². The van der Waals surface area contributed by atoms with Crippen LogP contribution >= 0.6 is 11.3 Å². The number of hydrogen-bond acceptors (Lipinski definition) is 4. The Morgan fingerprint density at radius 2 is 2.11 bits per heavy atom. The molecule has 0 amide bonds. The van der Waals surface area contributed by atoms with Crippen LogP contribution in [0.25, 0.3) is 10.6 Å². The molecule has 0 aliphatic rings. The normalized spacial score (nSPS) is 11.2. The van der Waals surface area contributed by atoms with Crippen LogP contribution in [0, 0.1) is 12.7 Å². The SMILES string of the molecule is Cc1cc(F)ccc1-c1nnc(CNC(C)C)s1. The van der Waals surface area contributed by atoms with E-state index in [0.717, 1.165) is 27.7 Å². The minimum absolute atomic E-state index is 0.220. The molecule has 1 aromatic heterocycles. The second-order valence-corrected chi connectivity index (χ2v) is 5.56. The first-order valence-electron chi connectivity index (χ1n) is 5.88. The molecular formula is C13H16FN3S. The predicted molar refractivity (Wildman–Crippen MR) is 72.0 cm³/mol. The number of nitrogens with zero attached hydrogens (tertiary/aromatic N) is 2. The minimum atomic E-state index is -0.220. The Morgan fingerprint density at radius 1 is 1.33 bits per heavy atom. The van der Waals surface area contributed by atoms with Crippen molar-refractivity contribution in [2.75, 3.05) is 0 Å². The molecule has 0 bridgehead atoms. The highest BCUT2D eigenvalue weighted by Crippen LogP contribution is 2.26. The molecule has 18 heavy (non-hydrogen) atoms. The van der Waals surface area contributed by atoms with E-state index in [9.17, 15) is 4.39 Å². The van der Waals surface area contributed by atoms with Crippen LogP contribution in [0.1, 0.15) is 24.4 Å². The van der Waals surface area contributed by atoms with Gasteiger partial charge < -0.3 is 5.32 Å². The van der Waals surface area contributed by atoms with Crippen molar-refractivity contribution in [1.29, 1.82) is 0 Å². The lowest BCUT2D eigenvalue weighted by atomic mass is 10.1. The summed E-state index contributed by atoms with van der Waals surface area (Å²) < 4.78 is 13.0. The Morgan fingerprint density at radius 3 is 2.78 bits per heavy atom. The van der Waals surface area contributed by atoms with Gasteiger partial charge in [-0.15, -0.1) is 10.2 Å². The van der Waals surface area contributed by atoms with Gasteiger partial charge in [0, 0.05) is 18.2 Å². The highest BCUT2D eigenvalue weighted by atomic mass is 32.1. The number of aryl methyl sites for hydroxylation is 1. The summed E-state index contributed by atoms with van der Waals surface area (Å²) in [6.45, 7) is 6.78. The third kappa shape index (κ3) is 3.11. The maximum Gasteiger partial charge on any atom is 0.148 e. The third-order valence-electron chi connectivity index (χ3n) is 2.55. The molecule has 1 N–H and O–H groups in total. The first-order chi connectivity index (χ1) is 8.56. The van der Waals surface area contributed by atoms with Crippen LogP contribution in [-0.4, -0.2) is 16.2 Å². The number of nitrogens with one attached hydrogen (secondary N) is 1. The lowest BCUT2D eigenvalue weighted by molar-refractivity contribution is 0.585. The van der Waals surface area contributed by atoms with Gasteiger partial charge >= 0.3 is 0 Å². The van der Waals surface area contributed by atoms with Crippen LogP contribution < -0.4 is 5.32 Å². The first-order valence-corrected chi connectivity index (χ1v) is 6.70. The fraction of sp³-hybridized carbons (Fsp3) is 0.385. The van der Waals surface area contributed by atoms with Crippen molar-refractivity contribution in [3.63, 3.8) is 0 Å². The number of hydrogen-bond donors (Lipinski definition) is 1. The molecule has 0 unspecified atom stereocenters. The number of benzene rings is 1. The summed E-state index contributed by atoms with van der Waals surface area (Å²) in [5.74, 6) is -0.220. The van der Waals surface area contributed by atoms with E-state index in [-0.39, 0.29) is 5.82 Å². The largest absolute Gasteiger partial charge is 0.308 e. The van der Waals surface area contributed by atoms with Crippen molar-refractivity contribution in [2.24, 2.45) is 0 Å². The van der Waals surface area contributed by atoms with Gasteiger partial charge in [0.25, 0.3) is 0 Å². The summed E-state index contributed by atoms with van der Waals surface area (Å²) in [7, 11) is 0. The van der Waals surface area contributed by atoms with E-state index in [4.69, 9.17) is 0 Å². The fourth-order valence-electron chi connectivity index (χ4n) is 1.59. The fourth-order valence-corrected chi connectivity index (χ4v) is 2.47. The van der Waals surface area contributed by atoms with Crippen LogP contribution in [0.2, 0.25) is 0 Å². The molecule has 0 atom stereocenters. The topological polar surface area (TPSA) is 37.8 Å². The molecule has 2 rings (SSSR count). The van der Waals surface area contributed by atoms with Crippen LogP contribution in [0.4, 0.5) is 4.39 Å². The van der Waals surface area contributed by atoms with Crippen LogP contribution in [0.3, 0.4) is 0 Å². The highest BCUT2D eigenvalue weighted by Gasteiger charge is 2.09. The standard InChI is InChI=1S/C13H16FN3S/c1-8(2)15-7-12-16-17-13(18-12)11-5-4-10(14)6-9(11)3/h4-6,8,15H,7H2,1-3H3. The molecule has 0 saturated carbocycles. The quantitative estimate of drug-likeness (QED) is 0.922. The molecule has 0 spiro atoms. The molecule has 96 valence electrons. The lowest BCUT2D eigenvalue weighted by Gasteiger charge is -2.04. The second kappa shape index (κ2) is 5.54. The lowest BCUT2D eigenvalue weighted by Crippen LogP contribution is -2.21. The van der Waals surface area contributed by atoms with Gasteiger partial charge in [0.2, 0.25) is 0 Å². The maximum atomic E-state index is 13.0. The van der Waals surface area contributed by atoms with Crippen molar-refractivity contribution in [2.45, 2.75) is 33.4 Å². The monoisotopic (exact) mass is 265 g/mol. The van der Waals surface area contributed by atoms with Crippen molar-refractivity contribution >= 4 is 11.3 Å². The van der Waals surface area contributed by atoms with Crippen molar-refractivity contribution in [3.05, 3.63) is 34.6 Å². The van der Waals surface area contributed by atoms with Crippen LogP contribution in [0.5, 0.6) is 0 Å². The highest BCUT2D eigenvalue weighted by molar-refractivity contribution is 7.14. The summed E-state index contributed by atoms with van der Waals surface area (Å²) >= 11 is 1.54. The maximum absolute atomic E-state index is 13.0. The van der Waals surface area contributed by atoms with Gasteiger partial charge in [0.1, 0.15) is 15.8 Å².